The van der Waals surface area contributed by atoms with Crippen molar-refractivity contribution in [2.45, 2.75) is 64.6 Å². The Kier molecular flexibility index (Phi) is 7.50. The second-order valence-corrected chi connectivity index (χ2v) is 5.71. The summed E-state index contributed by atoms with van der Waals surface area (Å²) in [6, 6.07) is -1.34. The highest BCUT2D eigenvalue weighted by Gasteiger charge is 2.40. The Labute approximate surface area is 135 Å². The number of nitrogens with one attached hydrogen (secondary N) is 3. The topological polar surface area (TPSA) is 114 Å². The van der Waals surface area contributed by atoms with E-state index < -0.39 is 24.0 Å². The van der Waals surface area contributed by atoms with Gasteiger partial charge >= 0.3 is 5.97 Å². The molecule has 0 spiro atoms. The number of rotatable bonds is 9. The number of amides is 3. The van der Waals surface area contributed by atoms with Crippen molar-refractivity contribution in [1.82, 2.24) is 16.0 Å². The maximum atomic E-state index is 11.9. The van der Waals surface area contributed by atoms with Gasteiger partial charge in [0, 0.05) is 19.9 Å². The van der Waals surface area contributed by atoms with E-state index in [9.17, 15) is 19.2 Å². The summed E-state index contributed by atoms with van der Waals surface area (Å²) in [6.07, 6.45) is 2.30. The summed E-state index contributed by atoms with van der Waals surface area (Å²) in [5, 5.41) is 7.83. The first kappa shape index (κ1) is 18.9. The fraction of sp³-hybridized carbons (Fsp3) is 0.733. The van der Waals surface area contributed by atoms with Crippen molar-refractivity contribution in [3.8, 4) is 0 Å². The molecule has 3 amide bonds. The van der Waals surface area contributed by atoms with Crippen LogP contribution in [-0.4, -0.2) is 48.4 Å². The van der Waals surface area contributed by atoms with Gasteiger partial charge in [-0.25, -0.2) is 4.79 Å². The molecule has 1 aliphatic rings. The maximum absolute atomic E-state index is 11.9. The quantitative estimate of drug-likeness (QED) is 0.394. The highest BCUT2D eigenvalue weighted by atomic mass is 16.6. The molecule has 8 heteroatoms. The summed E-state index contributed by atoms with van der Waals surface area (Å²) in [4.78, 5) is 45.4. The molecule has 1 heterocycles. The molecule has 23 heavy (non-hydrogen) atoms. The normalized spacial score (nSPS) is 20.7. The Balaban J connectivity index is 2.14. The fourth-order valence-electron chi connectivity index (χ4n) is 2.13. The van der Waals surface area contributed by atoms with Crippen molar-refractivity contribution >= 4 is 23.7 Å². The predicted molar refractivity (Wildman–Crippen MR) is 82.2 cm³/mol. The molecule has 0 aromatic heterocycles. The lowest BCUT2D eigenvalue weighted by atomic mass is 10.1. The van der Waals surface area contributed by atoms with Crippen molar-refractivity contribution in [1.29, 1.82) is 0 Å². The highest BCUT2D eigenvalue weighted by molar-refractivity contribution is 5.92. The molecule has 0 radical (unpaired) electrons. The third-order valence-electron chi connectivity index (χ3n) is 3.55. The van der Waals surface area contributed by atoms with E-state index in [1.54, 1.807) is 13.8 Å². The largest absolute Gasteiger partial charge is 0.458 e. The van der Waals surface area contributed by atoms with Gasteiger partial charge in [0.1, 0.15) is 12.1 Å². The molecule has 0 saturated carbocycles. The highest BCUT2D eigenvalue weighted by Crippen LogP contribution is 2.13. The van der Waals surface area contributed by atoms with Gasteiger partial charge in [-0.2, -0.15) is 0 Å². The molecule has 1 saturated heterocycles. The third kappa shape index (κ3) is 6.66. The van der Waals surface area contributed by atoms with E-state index in [0.717, 1.165) is 12.8 Å². The number of hydrogen-bond donors (Lipinski definition) is 3. The second-order valence-electron chi connectivity index (χ2n) is 5.71. The molecule has 1 fully saturated rings. The summed E-state index contributed by atoms with van der Waals surface area (Å²) in [5.74, 6) is -1.13. The minimum Gasteiger partial charge on any atom is -0.458 e. The van der Waals surface area contributed by atoms with Crippen LogP contribution >= 0.6 is 0 Å². The number of unbranched alkanes of at least 4 members (excludes halogenated alkanes) is 2. The second kappa shape index (κ2) is 9.12. The molecule has 0 unspecified atom stereocenters. The van der Waals surface area contributed by atoms with E-state index in [1.807, 2.05) is 0 Å². The number of carbonyl (C=O) groups is 4. The van der Waals surface area contributed by atoms with Crippen molar-refractivity contribution in [2.75, 3.05) is 6.54 Å². The van der Waals surface area contributed by atoms with Crippen LogP contribution in [0, 0.1) is 0 Å². The van der Waals surface area contributed by atoms with Gasteiger partial charge in [-0.1, -0.05) is 6.42 Å². The minimum absolute atomic E-state index is 0.0627. The molecule has 3 N–H and O–H groups in total. The van der Waals surface area contributed by atoms with E-state index in [0.29, 0.717) is 19.4 Å². The van der Waals surface area contributed by atoms with E-state index in [1.165, 1.54) is 6.92 Å². The third-order valence-corrected chi connectivity index (χ3v) is 3.55. The minimum atomic E-state index is -0.706. The zero-order valence-electron chi connectivity index (χ0n) is 13.8. The lowest BCUT2D eigenvalue weighted by molar-refractivity contribution is -0.176. The maximum Gasteiger partial charge on any atom is 0.332 e. The lowest BCUT2D eigenvalue weighted by Gasteiger charge is -2.33. The van der Waals surface area contributed by atoms with E-state index in [-0.39, 0.29) is 17.9 Å². The summed E-state index contributed by atoms with van der Waals surface area (Å²) >= 11 is 0. The van der Waals surface area contributed by atoms with Crippen LogP contribution < -0.4 is 16.0 Å². The van der Waals surface area contributed by atoms with Crippen LogP contribution in [0.25, 0.3) is 0 Å². The van der Waals surface area contributed by atoms with Crippen LogP contribution in [-0.2, 0) is 23.9 Å². The smallest absolute Gasteiger partial charge is 0.332 e. The Morgan fingerprint density at radius 2 is 1.91 bits per heavy atom. The van der Waals surface area contributed by atoms with E-state index in [4.69, 9.17) is 4.74 Å². The molecule has 0 aromatic carbocycles. The van der Waals surface area contributed by atoms with Crippen LogP contribution in [0.15, 0.2) is 0 Å². The summed E-state index contributed by atoms with van der Waals surface area (Å²) in [7, 11) is 0. The molecule has 0 bridgehead atoms. The standard InChI is InChI=1S/C15H25N3O5/c1-9(14(21)18-13-10(2)23-15(13)22)17-12(20)7-5-4-6-8-16-11(3)19/h9-10,13H,4-8H2,1-3H3,(H,16,19)(H,17,20)(H,18,21)/t9-,10-,13+/m1/s1. The summed E-state index contributed by atoms with van der Waals surface area (Å²) < 4.78 is 4.75. The van der Waals surface area contributed by atoms with Gasteiger partial charge in [-0.05, 0) is 26.7 Å². The van der Waals surface area contributed by atoms with Crippen LogP contribution in [0.2, 0.25) is 0 Å². The van der Waals surface area contributed by atoms with E-state index in [2.05, 4.69) is 16.0 Å². The molecule has 1 aliphatic heterocycles. The first-order valence-corrected chi connectivity index (χ1v) is 7.86. The molecular formula is C15H25N3O5. The average Bonchev–Trinajstić information content (AvgIpc) is 2.47. The van der Waals surface area contributed by atoms with Crippen molar-refractivity contribution in [2.24, 2.45) is 0 Å². The summed E-state index contributed by atoms with van der Waals surface area (Å²) in [5.41, 5.74) is 0. The van der Waals surface area contributed by atoms with Gasteiger partial charge < -0.3 is 20.7 Å². The number of esters is 1. The molecule has 8 nitrogen and oxygen atoms in total. The molecule has 0 aliphatic carbocycles. The van der Waals surface area contributed by atoms with Gasteiger partial charge in [0.25, 0.3) is 0 Å². The monoisotopic (exact) mass is 327 g/mol. The van der Waals surface area contributed by atoms with Gasteiger partial charge in [-0.3, -0.25) is 14.4 Å². The van der Waals surface area contributed by atoms with Crippen LogP contribution in [0.1, 0.15) is 46.5 Å². The zero-order chi connectivity index (χ0) is 17.4. The van der Waals surface area contributed by atoms with E-state index >= 15 is 0 Å². The lowest BCUT2D eigenvalue weighted by Crippen LogP contribution is -2.61. The Hall–Kier alpha value is -2.12. The van der Waals surface area contributed by atoms with Crippen molar-refractivity contribution in [3.63, 3.8) is 0 Å². The average molecular weight is 327 g/mol. The van der Waals surface area contributed by atoms with Crippen molar-refractivity contribution < 1.29 is 23.9 Å². The number of carbonyl (C=O) groups excluding carboxylic acids is 4. The molecule has 3 atom stereocenters. The Bertz CT molecular complexity index is 466. The number of ether oxygens (including phenoxy) is 1. The predicted octanol–water partition coefficient (Wildman–Crippen LogP) is -0.382. The Morgan fingerprint density at radius 1 is 1.22 bits per heavy atom. The SMILES string of the molecule is CC(=O)NCCCCCC(=O)N[C@H](C)C(=O)N[C@@H]1C(=O)O[C@@H]1C. The van der Waals surface area contributed by atoms with Crippen LogP contribution in [0.4, 0.5) is 0 Å². The molecule has 1 rings (SSSR count). The first-order chi connectivity index (χ1) is 10.8. The van der Waals surface area contributed by atoms with Crippen molar-refractivity contribution in [3.05, 3.63) is 0 Å². The summed E-state index contributed by atoms with van der Waals surface area (Å²) in [6.45, 7) is 5.32. The van der Waals surface area contributed by atoms with Crippen LogP contribution in [0.3, 0.4) is 0 Å². The number of hydrogen-bond acceptors (Lipinski definition) is 5. The van der Waals surface area contributed by atoms with Gasteiger partial charge in [0.15, 0.2) is 6.04 Å². The molecular weight excluding hydrogens is 302 g/mol. The zero-order valence-corrected chi connectivity index (χ0v) is 13.8. The van der Waals surface area contributed by atoms with Crippen LogP contribution in [0.5, 0.6) is 0 Å². The van der Waals surface area contributed by atoms with Gasteiger partial charge in [0.2, 0.25) is 17.7 Å². The van der Waals surface area contributed by atoms with Gasteiger partial charge in [0.05, 0.1) is 0 Å². The molecule has 0 aromatic rings. The first-order valence-electron chi connectivity index (χ1n) is 7.86. The van der Waals surface area contributed by atoms with Gasteiger partial charge in [-0.15, -0.1) is 0 Å². The Morgan fingerprint density at radius 3 is 2.48 bits per heavy atom. The number of cyclic esters (lactones) is 1. The fourth-order valence-corrected chi connectivity index (χ4v) is 2.13. The molecule has 130 valence electrons.